The number of aliphatic hydroxyl groups is 2. The van der Waals surface area contributed by atoms with Gasteiger partial charge in [0.15, 0.2) is 0 Å². The number of aromatic nitrogens is 2. The maximum atomic E-state index is 10.0. The standard InChI is InChI=1S/C11H13BrN2O2/c12-5-4-9(15)11(16)7-2-1-3-8-10(7)14-6-13-8/h1-3,6,9,11,15-16H,4-5H2,(H,13,14). The summed E-state index contributed by atoms with van der Waals surface area (Å²) in [5.41, 5.74) is 2.23. The van der Waals surface area contributed by atoms with Crippen LogP contribution in [0.25, 0.3) is 11.0 Å². The van der Waals surface area contributed by atoms with Crippen LogP contribution in [0.4, 0.5) is 0 Å². The summed E-state index contributed by atoms with van der Waals surface area (Å²) in [5.74, 6) is 0. The summed E-state index contributed by atoms with van der Waals surface area (Å²) >= 11 is 3.24. The van der Waals surface area contributed by atoms with Crippen molar-refractivity contribution in [3.8, 4) is 0 Å². The van der Waals surface area contributed by atoms with Crippen LogP contribution in [0, 0.1) is 0 Å². The molecule has 1 heterocycles. The normalized spacial score (nSPS) is 15.2. The van der Waals surface area contributed by atoms with Crippen LogP contribution in [-0.4, -0.2) is 31.6 Å². The molecule has 16 heavy (non-hydrogen) atoms. The number of imidazole rings is 1. The number of halogens is 1. The summed E-state index contributed by atoms with van der Waals surface area (Å²) in [4.78, 5) is 7.12. The summed E-state index contributed by atoms with van der Waals surface area (Å²) in [6.45, 7) is 0. The van der Waals surface area contributed by atoms with Gasteiger partial charge in [0.05, 0.1) is 23.5 Å². The van der Waals surface area contributed by atoms with Gasteiger partial charge in [0.1, 0.15) is 6.10 Å². The largest absolute Gasteiger partial charge is 0.390 e. The second-order valence-electron chi connectivity index (χ2n) is 3.64. The van der Waals surface area contributed by atoms with Gasteiger partial charge in [-0.05, 0) is 12.5 Å². The van der Waals surface area contributed by atoms with Gasteiger partial charge in [-0.3, -0.25) is 0 Å². The molecule has 0 amide bonds. The van der Waals surface area contributed by atoms with Crippen molar-refractivity contribution in [1.82, 2.24) is 9.97 Å². The van der Waals surface area contributed by atoms with Gasteiger partial charge < -0.3 is 15.2 Å². The zero-order valence-corrected chi connectivity index (χ0v) is 10.2. The number of H-pyrrole nitrogens is 1. The van der Waals surface area contributed by atoms with Crippen molar-refractivity contribution in [3.63, 3.8) is 0 Å². The molecule has 86 valence electrons. The molecule has 2 unspecified atom stereocenters. The first-order valence-electron chi connectivity index (χ1n) is 5.08. The third-order valence-corrected chi connectivity index (χ3v) is 3.03. The van der Waals surface area contributed by atoms with Crippen LogP contribution in [0.15, 0.2) is 24.5 Å². The van der Waals surface area contributed by atoms with E-state index in [0.717, 1.165) is 5.52 Å². The molecule has 0 spiro atoms. The molecule has 0 aliphatic heterocycles. The van der Waals surface area contributed by atoms with E-state index >= 15 is 0 Å². The molecule has 0 radical (unpaired) electrons. The molecule has 0 saturated carbocycles. The fourth-order valence-electron chi connectivity index (χ4n) is 1.70. The molecular formula is C11H13BrN2O2. The minimum absolute atomic E-state index is 0.502. The average molecular weight is 285 g/mol. The number of fused-ring (bicyclic) bond motifs is 1. The third-order valence-electron chi connectivity index (χ3n) is 2.57. The molecule has 1 aromatic carbocycles. The molecule has 2 atom stereocenters. The van der Waals surface area contributed by atoms with Crippen LogP contribution in [0.5, 0.6) is 0 Å². The SMILES string of the molecule is OC(CCBr)C(O)c1cccc2[nH]cnc12. The molecule has 3 N–H and O–H groups in total. The number of nitrogens with zero attached hydrogens (tertiary/aromatic N) is 1. The van der Waals surface area contributed by atoms with E-state index in [4.69, 9.17) is 0 Å². The third kappa shape index (κ3) is 2.11. The fourth-order valence-corrected chi connectivity index (χ4v) is 2.17. The molecule has 5 heteroatoms. The van der Waals surface area contributed by atoms with Gasteiger partial charge in [-0.25, -0.2) is 4.98 Å². The van der Waals surface area contributed by atoms with Gasteiger partial charge in [-0.15, -0.1) is 0 Å². The average Bonchev–Trinajstić information content (AvgIpc) is 2.76. The quantitative estimate of drug-likeness (QED) is 0.749. The van der Waals surface area contributed by atoms with Crippen molar-refractivity contribution in [2.45, 2.75) is 18.6 Å². The Bertz CT molecular complexity index is 472. The van der Waals surface area contributed by atoms with Crippen molar-refractivity contribution in [3.05, 3.63) is 30.1 Å². The minimum Gasteiger partial charge on any atom is -0.390 e. The van der Waals surface area contributed by atoms with Crippen molar-refractivity contribution in [1.29, 1.82) is 0 Å². The molecule has 0 fully saturated rings. The number of hydrogen-bond acceptors (Lipinski definition) is 3. The van der Waals surface area contributed by atoms with Gasteiger partial charge in [0, 0.05) is 10.9 Å². The first-order valence-corrected chi connectivity index (χ1v) is 6.20. The van der Waals surface area contributed by atoms with Gasteiger partial charge in [-0.2, -0.15) is 0 Å². The highest BCUT2D eigenvalue weighted by Gasteiger charge is 2.20. The Balaban J connectivity index is 2.35. The van der Waals surface area contributed by atoms with Gasteiger partial charge in [0.2, 0.25) is 0 Å². The van der Waals surface area contributed by atoms with E-state index in [2.05, 4.69) is 25.9 Å². The maximum Gasteiger partial charge on any atom is 0.107 e. The zero-order valence-electron chi connectivity index (χ0n) is 8.60. The van der Waals surface area contributed by atoms with Crippen molar-refractivity contribution in [2.75, 3.05) is 5.33 Å². The van der Waals surface area contributed by atoms with Gasteiger partial charge in [0.25, 0.3) is 0 Å². The summed E-state index contributed by atoms with van der Waals surface area (Å²) in [6, 6.07) is 5.50. The van der Waals surface area contributed by atoms with Crippen molar-refractivity contribution < 1.29 is 10.2 Å². The monoisotopic (exact) mass is 284 g/mol. The van der Waals surface area contributed by atoms with Gasteiger partial charge >= 0.3 is 0 Å². The van der Waals surface area contributed by atoms with E-state index < -0.39 is 12.2 Å². The number of aromatic amines is 1. The Labute approximate surface area is 101 Å². The molecule has 2 rings (SSSR count). The Morgan fingerprint density at radius 3 is 2.94 bits per heavy atom. The van der Waals surface area contributed by atoms with E-state index in [1.807, 2.05) is 12.1 Å². The second-order valence-corrected chi connectivity index (χ2v) is 4.43. The number of aliphatic hydroxyl groups excluding tert-OH is 2. The number of nitrogens with one attached hydrogen (secondary N) is 1. The zero-order chi connectivity index (χ0) is 11.5. The van der Waals surface area contributed by atoms with E-state index in [1.165, 1.54) is 0 Å². The Kier molecular flexibility index (Phi) is 3.58. The molecule has 0 aliphatic carbocycles. The first-order chi connectivity index (χ1) is 7.74. The molecule has 1 aromatic heterocycles. The van der Waals surface area contributed by atoms with E-state index in [0.29, 0.717) is 22.8 Å². The number of alkyl halides is 1. The molecule has 4 nitrogen and oxygen atoms in total. The fraction of sp³-hybridized carbons (Fsp3) is 0.364. The lowest BCUT2D eigenvalue weighted by molar-refractivity contribution is 0.0181. The van der Waals surface area contributed by atoms with Crippen LogP contribution in [-0.2, 0) is 0 Å². The molecule has 2 aromatic rings. The predicted octanol–water partition coefficient (Wildman–Crippen LogP) is 1.74. The summed E-state index contributed by atoms with van der Waals surface area (Å²) in [5, 5.41) is 20.4. The van der Waals surface area contributed by atoms with E-state index in [1.54, 1.807) is 12.4 Å². The molecule has 0 aliphatic rings. The topological polar surface area (TPSA) is 69.1 Å². The second kappa shape index (κ2) is 4.95. The number of benzene rings is 1. The van der Waals surface area contributed by atoms with Crippen molar-refractivity contribution >= 4 is 27.0 Å². The lowest BCUT2D eigenvalue weighted by Crippen LogP contribution is -2.18. The number of rotatable bonds is 4. The number of hydrogen-bond donors (Lipinski definition) is 3. The molecule has 0 bridgehead atoms. The highest BCUT2D eigenvalue weighted by molar-refractivity contribution is 9.09. The lowest BCUT2D eigenvalue weighted by Gasteiger charge is -2.17. The lowest BCUT2D eigenvalue weighted by atomic mass is 10.0. The van der Waals surface area contributed by atoms with Crippen LogP contribution in [0.2, 0.25) is 0 Å². The van der Waals surface area contributed by atoms with Crippen LogP contribution in [0.3, 0.4) is 0 Å². The summed E-state index contributed by atoms with van der Waals surface area (Å²) in [7, 11) is 0. The summed E-state index contributed by atoms with van der Waals surface area (Å²) in [6.07, 6.45) is 0.408. The Morgan fingerprint density at radius 1 is 1.38 bits per heavy atom. The Morgan fingerprint density at radius 2 is 2.19 bits per heavy atom. The first kappa shape index (κ1) is 11.6. The smallest absolute Gasteiger partial charge is 0.107 e. The minimum atomic E-state index is -0.899. The van der Waals surface area contributed by atoms with Crippen LogP contribution >= 0.6 is 15.9 Å². The highest BCUT2D eigenvalue weighted by Crippen LogP contribution is 2.25. The van der Waals surface area contributed by atoms with Crippen molar-refractivity contribution in [2.24, 2.45) is 0 Å². The number of para-hydroxylation sites is 1. The maximum absolute atomic E-state index is 10.0. The molecular weight excluding hydrogens is 272 g/mol. The van der Waals surface area contributed by atoms with Gasteiger partial charge in [-0.1, -0.05) is 28.1 Å². The summed E-state index contributed by atoms with van der Waals surface area (Å²) < 4.78 is 0. The van der Waals surface area contributed by atoms with Crippen LogP contribution < -0.4 is 0 Å². The van der Waals surface area contributed by atoms with E-state index in [9.17, 15) is 10.2 Å². The van der Waals surface area contributed by atoms with Crippen LogP contribution in [0.1, 0.15) is 18.1 Å². The highest BCUT2D eigenvalue weighted by atomic mass is 79.9. The Hall–Kier alpha value is -0.910. The van der Waals surface area contributed by atoms with E-state index in [-0.39, 0.29) is 0 Å². The molecule has 0 saturated heterocycles. The predicted molar refractivity (Wildman–Crippen MR) is 65.5 cm³/mol.